The average molecular weight is 273 g/mol. The highest BCUT2D eigenvalue weighted by molar-refractivity contribution is 9.10. The molecule has 0 aromatic heterocycles. The van der Waals surface area contributed by atoms with Crippen LogP contribution in [0.15, 0.2) is 22.7 Å². The summed E-state index contributed by atoms with van der Waals surface area (Å²) in [6.45, 7) is 6.90. The molecule has 0 unspecified atom stereocenters. The molecule has 0 aliphatic rings. The van der Waals surface area contributed by atoms with E-state index in [1.807, 2.05) is 18.2 Å². The van der Waals surface area contributed by atoms with Gasteiger partial charge in [-0.25, -0.2) is 0 Å². The topological polar surface area (TPSA) is 40.5 Å². The van der Waals surface area contributed by atoms with Crippen molar-refractivity contribution in [2.45, 2.75) is 38.9 Å². The summed E-state index contributed by atoms with van der Waals surface area (Å²) in [5, 5.41) is 19.8. The standard InChI is InChI=1S/C12H17BrO2/c1-11(2,14)8-5-9(12(3,4)15)7-10(13)6-8/h5-7,14-15H,1-4H3. The maximum Gasteiger partial charge on any atom is 0.0841 e. The van der Waals surface area contributed by atoms with Gasteiger partial charge < -0.3 is 10.2 Å². The van der Waals surface area contributed by atoms with E-state index in [2.05, 4.69) is 15.9 Å². The lowest BCUT2D eigenvalue weighted by Gasteiger charge is -2.23. The molecule has 0 heterocycles. The smallest absolute Gasteiger partial charge is 0.0841 e. The molecule has 0 saturated heterocycles. The van der Waals surface area contributed by atoms with E-state index in [-0.39, 0.29) is 0 Å². The van der Waals surface area contributed by atoms with E-state index in [9.17, 15) is 10.2 Å². The third-order valence-corrected chi connectivity index (χ3v) is 2.77. The summed E-state index contributed by atoms with van der Waals surface area (Å²) >= 11 is 3.38. The molecule has 0 radical (unpaired) electrons. The summed E-state index contributed by atoms with van der Waals surface area (Å²) in [4.78, 5) is 0. The van der Waals surface area contributed by atoms with Gasteiger partial charge in [-0.3, -0.25) is 0 Å². The van der Waals surface area contributed by atoms with Gasteiger partial charge in [-0.05, 0) is 51.0 Å². The maximum atomic E-state index is 9.90. The fourth-order valence-corrected chi connectivity index (χ4v) is 1.79. The van der Waals surface area contributed by atoms with E-state index in [0.29, 0.717) is 0 Å². The summed E-state index contributed by atoms with van der Waals surface area (Å²) < 4.78 is 0.860. The molecule has 2 N–H and O–H groups in total. The van der Waals surface area contributed by atoms with Crippen molar-refractivity contribution < 1.29 is 10.2 Å². The molecule has 0 aliphatic heterocycles. The molecule has 0 saturated carbocycles. The van der Waals surface area contributed by atoms with Gasteiger partial charge in [0.1, 0.15) is 0 Å². The normalized spacial score (nSPS) is 13.0. The minimum atomic E-state index is -0.899. The van der Waals surface area contributed by atoms with Crippen molar-refractivity contribution in [1.82, 2.24) is 0 Å². The molecule has 0 amide bonds. The molecular formula is C12H17BrO2. The SMILES string of the molecule is CC(C)(O)c1cc(Br)cc(C(C)(C)O)c1. The second-order valence-corrected chi connectivity index (χ2v) is 5.76. The van der Waals surface area contributed by atoms with Gasteiger partial charge >= 0.3 is 0 Å². The van der Waals surface area contributed by atoms with E-state index in [1.165, 1.54) is 0 Å². The zero-order valence-corrected chi connectivity index (χ0v) is 11.1. The number of hydrogen-bond donors (Lipinski definition) is 2. The fourth-order valence-electron chi connectivity index (χ4n) is 1.30. The molecule has 0 atom stereocenters. The number of hydrogen-bond acceptors (Lipinski definition) is 2. The Balaban J connectivity index is 3.30. The Morgan fingerprint density at radius 3 is 1.47 bits per heavy atom. The molecule has 0 bridgehead atoms. The van der Waals surface area contributed by atoms with Crippen LogP contribution in [0.1, 0.15) is 38.8 Å². The minimum absolute atomic E-state index is 0.786. The molecule has 0 aliphatic carbocycles. The molecule has 1 aromatic carbocycles. The van der Waals surface area contributed by atoms with Crippen LogP contribution in [0.2, 0.25) is 0 Å². The van der Waals surface area contributed by atoms with Crippen LogP contribution >= 0.6 is 15.9 Å². The van der Waals surface area contributed by atoms with Crippen LogP contribution in [0.5, 0.6) is 0 Å². The first-order chi connectivity index (χ1) is 6.60. The first kappa shape index (κ1) is 12.7. The molecule has 2 nitrogen and oxygen atoms in total. The van der Waals surface area contributed by atoms with Gasteiger partial charge in [0.05, 0.1) is 11.2 Å². The average Bonchev–Trinajstić information content (AvgIpc) is 1.99. The zero-order valence-electron chi connectivity index (χ0n) is 9.50. The number of rotatable bonds is 2. The fraction of sp³-hybridized carbons (Fsp3) is 0.500. The van der Waals surface area contributed by atoms with Crippen molar-refractivity contribution in [2.75, 3.05) is 0 Å². The molecule has 0 fully saturated rings. The Labute approximate surface area is 99.1 Å². The highest BCUT2D eigenvalue weighted by atomic mass is 79.9. The first-order valence-corrected chi connectivity index (χ1v) is 5.66. The molecule has 1 rings (SSSR count). The third-order valence-electron chi connectivity index (χ3n) is 2.31. The first-order valence-electron chi connectivity index (χ1n) is 4.87. The number of halogens is 1. The van der Waals surface area contributed by atoms with Crippen molar-refractivity contribution in [1.29, 1.82) is 0 Å². The Hall–Kier alpha value is -0.380. The van der Waals surface area contributed by atoms with Crippen LogP contribution in [0.3, 0.4) is 0 Å². The Morgan fingerprint density at radius 1 is 0.867 bits per heavy atom. The molecule has 1 aromatic rings. The van der Waals surface area contributed by atoms with Crippen LogP contribution in [-0.2, 0) is 11.2 Å². The Morgan fingerprint density at radius 2 is 1.20 bits per heavy atom. The monoisotopic (exact) mass is 272 g/mol. The minimum Gasteiger partial charge on any atom is -0.386 e. The van der Waals surface area contributed by atoms with Gasteiger partial charge in [-0.2, -0.15) is 0 Å². The number of aliphatic hydroxyl groups is 2. The largest absolute Gasteiger partial charge is 0.386 e. The predicted molar refractivity (Wildman–Crippen MR) is 64.6 cm³/mol. The van der Waals surface area contributed by atoms with Gasteiger partial charge in [-0.15, -0.1) is 0 Å². The molecule has 3 heteroatoms. The lowest BCUT2D eigenvalue weighted by Crippen LogP contribution is -2.20. The van der Waals surface area contributed by atoms with Crippen molar-refractivity contribution in [3.63, 3.8) is 0 Å². The summed E-state index contributed by atoms with van der Waals surface area (Å²) in [5.74, 6) is 0. The second kappa shape index (κ2) is 3.89. The van der Waals surface area contributed by atoms with Gasteiger partial charge in [0.2, 0.25) is 0 Å². The second-order valence-electron chi connectivity index (χ2n) is 4.85. The Bertz CT molecular complexity index is 327. The summed E-state index contributed by atoms with van der Waals surface area (Å²) in [6.07, 6.45) is 0. The van der Waals surface area contributed by atoms with Crippen LogP contribution in [0.25, 0.3) is 0 Å². The van der Waals surface area contributed by atoms with Gasteiger partial charge in [0.25, 0.3) is 0 Å². The summed E-state index contributed by atoms with van der Waals surface area (Å²) in [5.41, 5.74) is -0.226. The molecule has 0 spiro atoms. The summed E-state index contributed by atoms with van der Waals surface area (Å²) in [7, 11) is 0. The van der Waals surface area contributed by atoms with Crippen LogP contribution < -0.4 is 0 Å². The van der Waals surface area contributed by atoms with Crippen LogP contribution in [0.4, 0.5) is 0 Å². The van der Waals surface area contributed by atoms with E-state index in [0.717, 1.165) is 15.6 Å². The predicted octanol–water partition coefficient (Wildman–Crippen LogP) is 2.90. The lowest BCUT2D eigenvalue weighted by molar-refractivity contribution is 0.0717. The van der Waals surface area contributed by atoms with Gasteiger partial charge in [-0.1, -0.05) is 22.0 Å². The maximum absolute atomic E-state index is 9.90. The van der Waals surface area contributed by atoms with Crippen molar-refractivity contribution >= 4 is 15.9 Å². The van der Waals surface area contributed by atoms with Crippen LogP contribution in [-0.4, -0.2) is 10.2 Å². The van der Waals surface area contributed by atoms with Crippen molar-refractivity contribution in [3.05, 3.63) is 33.8 Å². The highest BCUT2D eigenvalue weighted by Crippen LogP contribution is 2.29. The third kappa shape index (κ3) is 3.30. The van der Waals surface area contributed by atoms with E-state index < -0.39 is 11.2 Å². The van der Waals surface area contributed by atoms with E-state index >= 15 is 0 Å². The number of benzene rings is 1. The molecular weight excluding hydrogens is 256 g/mol. The van der Waals surface area contributed by atoms with Crippen molar-refractivity contribution in [2.24, 2.45) is 0 Å². The highest BCUT2D eigenvalue weighted by Gasteiger charge is 2.22. The van der Waals surface area contributed by atoms with E-state index in [1.54, 1.807) is 27.7 Å². The lowest BCUT2D eigenvalue weighted by atomic mass is 9.91. The Kier molecular flexibility index (Phi) is 3.29. The summed E-state index contributed by atoms with van der Waals surface area (Å²) in [6, 6.07) is 5.54. The molecule has 84 valence electrons. The quantitative estimate of drug-likeness (QED) is 0.869. The molecule has 15 heavy (non-hydrogen) atoms. The zero-order chi connectivity index (χ0) is 11.9. The van der Waals surface area contributed by atoms with Crippen molar-refractivity contribution in [3.8, 4) is 0 Å². The van der Waals surface area contributed by atoms with Gasteiger partial charge in [0.15, 0.2) is 0 Å². The van der Waals surface area contributed by atoms with E-state index in [4.69, 9.17) is 0 Å². The van der Waals surface area contributed by atoms with Gasteiger partial charge in [0, 0.05) is 4.47 Å². The van der Waals surface area contributed by atoms with Crippen LogP contribution in [0, 0.1) is 0 Å².